The Labute approximate surface area is 129 Å². The minimum Gasteiger partial charge on any atom is -0.311 e. The Balaban J connectivity index is 1.83. The van der Waals surface area contributed by atoms with Gasteiger partial charge in [0.1, 0.15) is 0 Å². The molecule has 0 aliphatic heterocycles. The van der Waals surface area contributed by atoms with Gasteiger partial charge in [-0.1, -0.05) is 44.0 Å². The van der Waals surface area contributed by atoms with Gasteiger partial charge in [0.25, 0.3) is 0 Å². The molecule has 0 heterocycles. The van der Waals surface area contributed by atoms with Crippen molar-refractivity contribution in [3.63, 3.8) is 0 Å². The molecule has 2 heteroatoms. The summed E-state index contributed by atoms with van der Waals surface area (Å²) in [6, 6.07) is 9.43. The molecule has 1 N–H and O–H groups in total. The maximum Gasteiger partial charge on any atom is 0.0408 e. The summed E-state index contributed by atoms with van der Waals surface area (Å²) in [6.45, 7) is 7.10. The molecule has 0 radical (unpaired) electrons. The molecule has 1 fully saturated rings. The molecule has 2 rings (SSSR count). The fourth-order valence-electron chi connectivity index (χ4n) is 3.31. The monoisotopic (exact) mass is 293 g/mol. The van der Waals surface area contributed by atoms with Gasteiger partial charge in [-0.3, -0.25) is 0 Å². The highest BCUT2D eigenvalue weighted by Gasteiger charge is 2.24. The maximum atomic E-state index is 6.05. The van der Waals surface area contributed by atoms with Gasteiger partial charge in [0.15, 0.2) is 0 Å². The first-order chi connectivity index (χ1) is 9.44. The van der Waals surface area contributed by atoms with Crippen molar-refractivity contribution >= 4 is 11.6 Å². The second-order valence-corrected chi connectivity index (χ2v) is 7.63. The van der Waals surface area contributed by atoms with Crippen LogP contribution < -0.4 is 5.32 Å². The van der Waals surface area contributed by atoms with Gasteiger partial charge in [-0.2, -0.15) is 0 Å². The molecule has 2 atom stereocenters. The molecular formula is C18H28ClN. The highest BCUT2D eigenvalue weighted by atomic mass is 35.5. The largest absolute Gasteiger partial charge is 0.311 e. The minimum absolute atomic E-state index is 0.514. The molecule has 1 aromatic carbocycles. The zero-order valence-electron chi connectivity index (χ0n) is 13.1. The number of halogens is 1. The fraction of sp³-hybridized carbons (Fsp3) is 0.667. The van der Waals surface area contributed by atoms with Crippen LogP contribution >= 0.6 is 11.6 Å². The third kappa shape index (κ3) is 5.10. The lowest BCUT2D eigenvalue weighted by molar-refractivity contribution is 0.307. The van der Waals surface area contributed by atoms with Crippen LogP contribution in [0.4, 0.5) is 0 Å². The van der Waals surface area contributed by atoms with E-state index >= 15 is 0 Å². The van der Waals surface area contributed by atoms with Crippen molar-refractivity contribution in [3.8, 4) is 0 Å². The molecule has 1 aliphatic rings. The summed E-state index contributed by atoms with van der Waals surface area (Å²) in [5, 5.41) is 4.66. The molecule has 1 saturated carbocycles. The van der Waals surface area contributed by atoms with Gasteiger partial charge in [0.05, 0.1) is 0 Å². The van der Waals surface area contributed by atoms with Gasteiger partial charge >= 0.3 is 0 Å². The van der Waals surface area contributed by atoms with Crippen molar-refractivity contribution in [1.82, 2.24) is 5.32 Å². The number of hydrogen-bond acceptors (Lipinski definition) is 1. The Kier molecular flexibility index (Phi) is 5.51. The van der Waals surface area contributed by atoms with E-state index in [1.54, 1.807) is 0 Å². The minimum atomic E-state index is 0.514. The van der Waals surface area contributed by atoms with E-state index in [-0.39, 0.29) is 0 Å². The zero-order valence-corrected chi connectivity index (χ0v) is 13.8. The number of hydrogen-bond donors (Lipinski definition) is 1. The van der Waals surface area contributed by atoms with Crippen LogP contribution in [0.1, 0.15) is 58.4 Å². The first-order valence-corrected chi connectivity index (χ1v) is 8.33. The molecule has 1 nitrogen and oxygen atoms in total. The van der Waals surface area contributed by atoms with Crippen LogP contribution in [0.3, 0.4) is 0 Å². The van der Waals surface area contributed by atoms with E-state index < -0.39 is 0 Å². The summed E-state index contributed by atoms with van der Waals surface area (Å²) in [6.07, 6.45) is 7.76. The first kappa shape index (κ1) is 15.9. The Morgan fingerprint density at radius 3 is 2.85 bits per heavy atom. The highest BCUT2D eigenvalue weighted by molar-refractivity contribution is 6.30. The van der Waals surface area contributed by atoms with Crippen LogP contribution in [-0.2, 0) is 6.42 Å². The van der Waals surface area contributed by atoms with E-state index in [0.29, 0.717) is 17.5 Å². The van der Waals surface area contributed by atoms with Crippen LogP contribution in [0, 0.1) is 5.41 Å². The smallest absolute Gasteiger partial charge is 0.0408 e. The summed E-state index contributed by atoms with van der Waals surface area (Å²) in [5.41, 5.74) is 1.86. The number of benzene rings is 1. The molecular weight excluding hydrogens is 266 g/mol. The summed E-state index contributed by atoms with van der Waals surface area (Å²) >= 11 is 6.05. The van der Waals surface area contributed by atoms with E-state index in [1.165, 1.54) is 37.7 Å². The van der Waals surface area contributed by atoms with Crippen LogP contribution in [0.25, 0.3) is 0 Å². The molecule has 2 unspecified atom stereocenters. The van der Waals surface area contributed by atoms with Crippen LogP contribution in [0.15, 0.2) is 24.3 Å². The first-order valence-electron chi connectivity index (χ1n) is 7.95. The number of rotatable bonds is 4. The van der Waals surface area contributed by atoms with E-state index in [1.807, 2.05) is 12.1 Å². The third-order valence-electron chi connectivity index (χ3n) is 4.53. The van der Waals surface area contributed by atoms with Crippen LogP contribution in [0.5, 0.6) is 0 Å². The molecule has 0 saturated heterocycles. The van der Waals surface area contributed by atoms with Gasteiger partial charge in [-0.25, -0.2) is 0 Å². The normalized spacial score (nSPS) is 24.1. The van der Waals surface area contributed by atoms with E-state index in [9.17, 15) is 0 Å². The van der Waals surface area contributed by atoms with E-state index in [0.717, 1.165) is 11.4 Å². The average molecular weight is 294 g/mol. The second-order valence-electron chi connectivity index (χ2n) is 7.19. The van der Waals surface area contributed by atoms with Crippen molar-refractivity contribution in [3.05, 3.63) is 34.9 Å². The van der Waals surface area contributed by atoms with Crippen LogP contribution in [0.2, 0.25) is 5.02 Å². The lowest BCUT2D eigenvalue weighted by atomic mass is 9.85. The van der Waals surface area contributed by atoms with Crippen molar-refractivity contribution < 1.29 is 0 Å². The van der Waals surface area contributed by atoms with E-state index in [2.05, 4.69) is 38.2 Å². The standard InChI is InChI=1S/C18H28ClN/c1-14(12-15-6-4-7-16(19)13-15)20-17-8-5-10-18(2,3)11-9-17/h4,6-7,13-14,17,20H,5,8-12H2,1-3H3. The molecule has 112 valence electrons. The fourth-order valence-corrected chi connectivity index (χ4v) is 3.52. The van der Waals surface area contributed by atoms with Gasteiger partial charge in [-0.15, -0.1) is 0 Å². The Bertz CT molecular complexity index is 427. The summed E-state index contributed by atoms with van der Waals surface area (Å²) in [5.74, 6) is 0. The molecule has 20 heavy (non-hydrogen) atoms. The number of nitrogens with one attached hydrogen (secondary N) is 1. The van der Waals surface area contributed by atoms with E-state index in [4.69, 9.17) is 11.6 Å². The van der Waals surface area contributed by atoms with Crippen LogP contribution in [-0.4, -0.2) is 12.1 Å². The SMILES string of the molecule is CC(Cc1cccc(Cl)c1)NC1CCCC(C)(C)CC1. The molecule has 0 amide bonds. The Hall–Kier alpha value is -0.530. The Morgan fingerprint density at radius 1 is 1.30 bits per heavy atom. The lowest BCUT2D eigenvalue weighted by Crippen LogP contribution is -2.37. The summed E-state index contributed by atoms with van der Waals surface area (Å²) in [4.78, 5) is 0. The van der Waals surface area contributed by atoms with Crippen molar-refractivity contribution in [2.75, 3.05) is 0 Å². The highest BCUT2D eigenvalue weighted by Crippen LogP contribution is 2.33. The summed E-state index contributed by atoms with van der Waals surface area (Å²) < 4.78 is 0. The molecule has 1 aliphatic carbocycles. The second kappa shape index (κ2) is 6.95. The predicted molar refractivity (Wildman–Crippen MR) is 88.4 cm³/mol. The van der Waals surface area contributed by atoms with Gasteiger partial charge in [0.2, 0.25) is 0 Å². The van der Waals surface area contributed by atoms with Crippen molar-refractivity contribution in [2.45, 2.75) is 71.4 Å². The molecule has 0 spiro atoms. The quantitative estimate of drug-likeness (QED) is 0.751. The Morgan fingerprint density at radius 2 is 2.10 bits per heavy atom. The zero-order chi connectivity index (χ0) is 14.6. The lowest BCUT2D eigenvalue weighted by Gasteiger charge is -2.24. The molecule has 0 aromatic heterocycles. The van der Waals surface area contributed by atoms with Crippen molar-refractivity contribution in [2.24, 2.45) is 5.41 Å². The predicted octanol–water partition coefficient (Wildman–Crippen LogP) is 5.22. The molecule has 0 bridgehead atoms. The van der Waals surface area contributed by atoms with Gasteiger partial charge in [-0.05, 0) is 62.1 Å². The van der Waals surface area contributed by atoms with Gasteiger partial charge < -0.3 is 5.32 Å². The molecule has 1 aromatic rings. The summed E-state index contributed by atoms with van der Waals surface area (Å²) in [7, 11) is 0. The average Bonchev–Trinajstić information content (AvgIpc) is 2.51. The third-order valence-corrected chi connectivity index (χ3v) is 4.76. The topological polar surface area (TPSA) is 12.0 Å². The van der Waals surface area contributed by atoms with Crippen molar-refractivity contribution in [1.29, 1.82) is 0 Å². The maximum absolute atomic E-state index is 6.05. The van der Waals surface area contributed by atoms with Gasteiger partial charge in [0, 0.05) is 17.1 Å².